The topological polar surface area (TPSA) is 103 Å². The van der Waals surface area contributed by atoms with Gasteiger partial charge in [0.2, 0.25) is 0 Å². The van der Waals surface area contributed by atoms with Gasteiger partial charge in [-0.15, -0.1) is 0 Å². The minimum Gasteiger partial charge on any atom is -0.491 e. The molecule has 0 unspecified atom stereocenters. The molecule has 1 N–H and O–H groups in total. The highest BCUT2D eigenvalue weighted by molar-refractivity contribution is 5.39. The molecule has 0 bridgehead atoms. The molecule has 10 heteroatoms. The van der Waals surface area contributed by atoms with Crippen molar-refractivity contribution in [2.45, 2.75) is 19.3 Å². The first-order chi connectivity index (χ1) is 21.1. The molecular weight excluding hydrogens is 556 g/mol. The average Bonchev–Trinajstić information content (AvgIpc) is 3.03. The molecule has 0 saturated heterocycles. The van der Waals surface area contributed by atoms with Crippen molar-refractivity contribution in [3.8, 4) is 5.75 Å². The largest absolute Gasteiger partial charge is 0.491 e. The van der Waals surface area contributed by atoms with Crippen LogP contribution in [0.5, 0.6) is 5.75 Å². The Hall–Kier alpha value is -2.12. The summed E-state index contributed by atoms with van der Waals surface area (Å²) in [6, 6.07) is 18.8. The smallest absolute Gasteiger partial charge is 0.119 e. The molecule has 2 aromatic rings. The van der Waals surface area contributed by atoms with Crippen LogP contribution in [0.15, 0.2) is 54.6 Å². The van der Waals surface area contributed by atoms with Crippen LogP contribution >= 0.6 is 0 Å². The van der Waals surface area contributed by atoms with E-state index in [1.807, 2.05) is 18.2 Å². The molecule has 0 atom stereocenters. The molecule has 0 heterocycles. The first kappa shape index (κ1) is 37.1. The van der Waals surface area contributed by atoms with Crippen molar-refractivity contribution in [2.75, 3.05) is 119 Å². The molecule has 0 radical (unpaired) electrons. The van der Waals surface area contributed by atoms with Crippen LogP contribution in [0, 0.1) is 0 Å². The van der Waals surface area contributed by atoms with Crippen LogP contribution in [0.3, 0.4) is 0 Å². The van der Waals surface area contributed by atoms with Gasteiger partial charge in [-0.05, 0) is 23.3 Å². The van der Waals surface area contributed by atoms with Crippen LogP contribution in [0.1, 0.15) is 25.0 Å². The van der Waals surface area contributed by atoms with Gasteiger partial charge < -0.3 is 47.7 Å². The van der Waals surface area contributed by atoms with Gasteiger partial charge in [0.1, 0.15) is 12.4 Å². The van der Waals surface area contributed by atoms with Gasteiger partial charge in [0.15, 0.2) is 0 Å². The third-order valence-corrected chi connectivity index (χ3v) is 6.41. The first-order valence-corrected chi connectivity index (χ1v) is 15.2. The van der Waals surface area contributed by atoms with E-state index in [-0.39, 0.29) is 12.0 Å². The molecule has 0 spiro atoms. The summed E-state index contributed by atoms with van der Waals surface area (Å²) in [5.41, 5.74) is 2.47. The number of rotatable bonds is 29. The van der Waals surface area contributed by atoms with E-state index < -0.39 is 0 Å². The molecule has 0 aromatic heterocycles. The highest BCUT2D eigenvalue weighted by Crippen LogP contribution is 2.32. The second kappa shape index (κ2) is 25.2. The minimum atomic E-state index is -0.0650. The minimum absolute atomic E-state index is 0.0272. The van der Waals surface area contributed by atoms with E-state index in [1.54, 1.807) is 0 Å². The molecule has 0 aliphatic carbocycles. The molecule has 0 aliphatic rings. The van der Waals surface area contributed by atoms with Crippen molar-refractivity contribution in [2.24, 2.45) is 0 Å². The Morgan fingerprint density at radius 3 is 1.12 bits per heavy atom. The number of aliphatic hydroxyl groups is 1. The van der Waals surface area contributed by atoms with Crippen molar-refractivity contribution in [1.82, 2.24) is 0 Å². The lowest BCUT2D eigenvalue weighted by Crippen LogP contribution is -2.18. The highest BCUT2D eigenvalue weighted by Gasteiger charge is 2.22. The molecule has 244 valence electrons. The van der Waals surface area contributed by atoms with Crippen molar-refractivity contribution in [3.05, 3.63) is 65.7 Å². The standard InChI is InChI=1S/C33H52O10/c1-33(2,30-6-4-3-5-7-30)31-8-10-32(11-9-31)43-29-28-42-27-26-41-25-24-40-23-22-39-21-20-38-19-18-37-17-16-36-15-14-35-13-12-34/h3-11,34H,12-29H2,1-2H3. The second-order valence-electron chi connectivity index (χ2n) is 9.99. The van der Waals surface area contributed by atoms with E-state index in [4.69, 9.17) is 47.7 Å². The molecule has 0 saturated carbocycles. The fourth-order valence-corrected chi connectivity index (χ4v) is 3.91. The monoisotopic (exact) mass is 608 g/mol. The van der Waals surface area contributed by atoms with Crippen molar-refractivity contribution in [3.63, 3.8) is 0 Å². The zero-order chi connectivity index (χ0) is 30.7. The van der Waals surface area contributed by atoms with Gasteiger partial charge >= 0.3 is 0 Å². The summed E-state index contributed by atoms with van der Waals surface area (Å²) in [5.74, 6) is 0.836. The van der Waals surface area contributed by atoms with E-state index in [9.17, 15) is 0 Å². The Bertz CT molecular complexity index is 879. The summed E-state index contributed by atoms with van der Waals surface area (Å²) in [4.78, 5) is 0. The van der Waals surface area contributed by atoms with Gasteiger partial charge in [-0.2, -0.15) is 0 Å². The predicted octanol–water partition coefficient (Wildman–Crippen LogP) is 3.52. The number of benzene rings is 2. The number of hydrogen-bond acceptors (Lipinski definition) is 10. The predicted molar refractivity (Wildman–Crippen MR) is 164 cm³/mol. The van der Waals surface area contributed by atoms with Crippen molar-refractivity contribution in [1.29, 1.82) is 0 Å². The zero-order valence-corrected chi connectivity index (χ0v) is 26.0. The van der Waals surface area contributed by atoms with Crippen LogP contribution in [0.2, 0.25) is 0 Å². The Morgan fingerprint density at radius 1 is 0.419 bits per heavy atom. The summed E-state index contributed by atoms with van der Waals surface area (Å²) in [7, 11) is 0. The van der Waals surface area contributed by atoms with Crippen molar-refractivity contribution < 1.29 is 47.7 Å². The fraction of sp³-hybridized carbons (Fsp3) is 0.636. The maximum atomic E-state index is 8.58. The Kier molecular flexibility index (Phi) is 21.8. The Labute approximate surface area is 257 Å². The van der Waals surface area contributed by atoms with Gasteiger partial charge in [0.25, 0.3) is 0 Å². The molecule has 2 aromatic carbocycles. The third-order valence-electron chi connectivity index (χ3n) is 6.41. The molecular formula is C33H52O10. The van der Waals surface area contributed by atoms with Gasteiger partial charge in [0, 0.05) is 5.41 Å². The molecule has 10 nitrogen and oxygen atoms in total. The van der Waals surface area contributed by atoms with Gasteiger partial charge in [-0.3, -0.25) is 0 Å². The lowest BCUT2D eigenvalue weighted by atomic mass is 9.78. The van der Waals surface area contributed by atoms with E-state index in [2.05, 4.69) is 50.2 Å². The van der Waals surface area contributed by atoms with Crippen LogP contribution in [0.25, 0.3) is 0 Å². The van der Waals surface area contributed by atoms with Gasteiger partial charge in [-0.25, -0.2) is 0 Å². The van der Waals surface area contributed by atoms with E-state index >= 15 is 0 Å². The lowest BCUT2D eigenvalue weighted by Gasteiger charge is -2.26. The number of hydrogen-bond donors (Lipinski definition) is 1. The molecule has 2 rings (SSSR count). The van der Waals surface area contributed by atoms with Crippen LogP contribution in [-0.2, 0) is 43.3 Å². The first-order valence-electron chi connectivity index (χ1n) is 15.2. The summed E-state index contributed by atoms with van der Waals surface area (Å²) in [5, 5.41) is 8.58. The Morgan fingerprint density at radius 2 is 0.744 bits per heavy atom. The number of ether oxygens (including phenoxy) is 9. The van der Waals surface area contributed by atoms with Crippen LogP contribution < -0.4 is 4.74 Å². The molecule has 0 fully saturated rings. The quantitative estimate of drug-likeness (QED) is 0.138. The van der Waals surface area contributed by atoms with E-state index in [0.29, 0.717) is 112 Å². The third kappa shape index (κ3) is 18.3. The van der Waals surface area contributed by atoms with E-state index in [0.717, 1.165) is 5.75 Å². The number of aliphatic hydroxyl groups excluding tert-OH is 1. The maximum Gasteiger partial charge on any atom is 0.119 e. The van der Waals surface area contributed by atoms with E-state index in [1.165, 1.54) is 11.1 Å². The van der Waals surface area contributed by atoms with Crippen LogP contribution in [0.4, 0.5) is 0 Å². The highest BCUT2D eigenvalue weighted by atomic mass is 16.6. The summed E-state index contributed by atoms with van der Waals surface area (Å²) in [6.07, 6.45) is 0. The maximum absolute atomic E-state index is 8.58. The SMILES string of the molecule is CC(C)(c1ccccc1)c1ccc(OCCOCCOCCOCCOCCOCCOCCOCCOCCO)cc1. The van der Waals surface area contributed by atoms with Gasteiger partial charge in [-0.1, -0.05) is 56.3 Å². The molecule has 0 amide bonds. The van der Waals surface area contributed by atoms with Gasteiger partial charge in [0.05, 0.1) is 112 Å². The van der Waals surface area contributed by atoms with Crippen LogP contribution in [-0.4, -0.2) is 124 Å². The summed E-state index contributed by atoms with van der Waals surface area (Å²) >= 11 is 0. The second-order valence-corrected chi connectivity index (χ2v) is 9.99. The summed E-state index contributed by atoms with van der Waals surface area (Å²) in [6.45, 7) is 12.9. The van der Waals surface area contributed by atoms with Crippen molar-refractivity contribution >= 4 is 0 Å². The lowest BCUT2D eigenvalue weighted by molar-refractivity contribution is -0.0242. The zero-order valence-electron chi connectivity index (χ0n) is 26.0. The molecule has 0 aliphatic heterocycles. The summed E-state index contributed by atoms with van der Waals surface area (Å²) < 4.78 is 49.2. The Balaban J connectivity index is 1.28. The fourth-order valence-electron chi connectivity index (χ4n) is 3.91. The molecule has 43 heavy (non-hydrogen) atoms. The normalized spacial score (nSPS) is 11.7. The average molecular weight is 609 g/mol.